The molecule has 0 radical (unpaired) electrons. The van der Waals surface area contributed by atoms with Crippen molar-refractivity contribution < 1.29 is 13.2 Å². The molecule has 0 spiro atoms. The number of hydrogen-bond acceptors (Lipinski definition) is 6. The van der Waals surface area contributed by atoms with E-state index in [-0.39, 0.29) is 23.3 Å². The van der Waals surface area contributed by atoms with Crippen LogP contribution in [-0.2, 0) is 6.18 Å². The molecule has 33 heavy (non-hydrogen) atoms. The Morgan fingerprint density at radius 1 is 1.00 bits per heavy atom. The predicted molar refractivity (Wildman–Crippen MR) is 116 cm³/mol. The summed E-state index contributed by atoms with van der Waals surface area (Å²) in [5.41, 5.74) is -0.0554. The lowest BCUT2D eigenvalue weighted by Gasteiger charge is -2.15. The molecule has 4 heterocycles. The zero-order valence-corrected chi connectivity index (χ0v) is 17.3. The highest BCUT2D eigenvalue weighted by Crippen LogP contribution is 2.30. The second kappa shape index (κ2) is 8.23. The summed E-state index contributed by atoms with van der Waals surface area (Å²) in [6.07, 6.45) is 2.71. The molecule has 170 valence electrons. The van der Waals surface area contributed by atoms with Crippen molar-refractivity contribution in [2.75, 3.05) is 10.6 Å². The largest absolute Gasteiger partial charge is 0.416 e. The van der Waals surface area contributed by atoms with Crippen LogP contribution in [0.4, 0.5) is 24.9 Å². The molecule has 0 saturated heterocycles. The first kappa shape index (κ1) is 21.0. The Hall–Kier alpha value is -3.89. The molecule has 5 rings (SSSR count). The number of fused-ring (bicyclic) bond motifs is 1. The van der Waals surface area contributed by atoms with Gasteiger partial charge >= 0.3 is 6.18 Å². The van der Waals surface area contributed by atoms with Crippen molar-refractivity contribution in [2.45, 2.75) is 37.5 Å². The third-order valence-corrected chi connectivity index (χ3v) is 5.63. The fourth-order valence-electron chi connectivity index (χ4n) is 4.01. The van der Waals surface area contributed by atoms with E-state index in [1.807, 2.05) is 12.1 Å². The van der Waals surface area contributed by atoms with Crippen molar-refractivity contribution in [3.8, 4) is 5.69 Å². The molecule has 8 nitrogen and oxygen atoms in total. The normalized spacial score (nSPS) is 18.5. The maximum Gasteiger partial charge on any atom is 0.416 e. The summed E-state index contributed by atoms with van der Waals surface area (Å²) in [6, 6.07) is 10.8. The second-order valence-electron chi connectivity index (χ2n) is 7.96. The molecule has 1 aliphatic rings. The molecule has 4 aromatic rings. The number of hydrogen-bond donors (Lipinski definition) is 2. The van der Waals surface area contributed by atoms with Crippen molar-refractivity contribution >= 4 is 17.4 Å². The van der Waals surface area contributed by atoms with Gasteiger partial charge in [0.05, 0.1) is 17.4 Å². The van der Waals surface area contributed by atoms with Gasteiger partial charge in [0.1, 0.15) is 5.82 Å². The topological polar surface area (TPSA) is 89.1 Å². The summed E-state index contributed by atoms with van der Waals surface area (Å²) in [5.74, 6) is 1.01. The number of nitrogens with one attached hydrogen (secondary N) is 2. The quantitative estimate of drug-likeness (QED) is 0.477. The standard InChI is InChI=1S/C22H20F3N7O/c23-22(24,25)14-8-10-32-19(11-14)29-21(30-32)28-16-5-4-15(12-16)27-18-7-6-17(13-26-18)31-9-2-1-3-20(31)33/h1-3,6-11,13,15-16H,4-5,12H2,(H,26,27)(H,28,30)/t15-,16-/m0/s1. The van der Waals surface area contributed by atoms with E-state index in [4.69, 9.17) is 0 Å². The molecule has 0 unspecified atom stereocenters. The first-order chi connectivity index (χ1) is 15.8. The Morgan fingerprint density at radius 2 is 1.82 bits per heavy atom. The maximum absolute atomic E-state index is 12.9. The predicted octanol–water partition coefficient (Wildman–Crippen LogP) is 3.74. The van der Waals surface area contributed by atoms with Gasteiger partial charge in [-0.15, -0.1) is 5.10 Å². The van der Waals surface area contributed by atoms with Gasteiger partial charge in [0, 0.05) is 30.5 Å². The lowest BCUT2D eigenvalue weighted by molar-refractivity contribution is -0.137. The average molecular weight is 455 g/mol. The minimum Gasteiger partial charge on any atom is -0.367 e. The Morgan fingerprint density at radius 3 is 2.55 bits per heavy atom. The maximum atomic E-state index is 12.9. The molecular formula is C22H20F3N7O. The Balaban J connectivity index is 1.20. The van der Waals surface area contributed by atoms with Crippen LogP contribution in [0.3, 0.4) is 0 Å². The first-order valence-corrected chi connectivity index (χ1v) is 10.5. The van der Waals surface area contributed by atoms with Crippen LogP contribution in [0.1, 0.15) is 24.8 Å². The van der Waals surface area contributed by atoms with Gasteiger partial charge in [0.15, 0.2) is 5.65 Å². The van der Waals surface area contributed by atoms with Crippen LogP contribution in [0.5, 0.6) is 0 Å². The summed E-state index contributed by atoms with van der Waals surface area (Å²) in [7, 11) is 0. The van der Waals surface area contributed by atoms with Gasteiger partial charge in [0.25, 0.3) is 5.56 Å². The molecule has 4 aromatic heterocycles. The van der Waals surface area contributed by atoms with E-state index >= 15 is 0 Å². The van der Waals surface area contributed by atoms with Crippen molar-refractivity contribution in [3.05, 3.63) is 77.0 Å². The zero-order chi connectivity index (χ0) is 23.0. The van der Waals surface area contributed by atoms with E-state index in [1.54, 1.807) is 24.5 Å². The second-order valence-corrected chi connectivity index (χ2v) is 7.96. The van der Waals surface area contributed by atoms with Gasteiger partial charge in [0.2, 0.25) is 5.95 Å². The first-order valence-electron chi connectivity index (χ1n) is 10.5. The van der Waals surface area contributed by atoms with Crippen LogP contribution in [0, 0.1) is 0 Å². The van der Waals surface area contributed by atoms with Crippen LogP contribution in [-0.4, -0.2) is 36.2 Å². The van der Waals surface area contributed by atoms with Gasteiger partial charge < -0.3 is 10.6 Å². The fraction of sp³-hybridized carbons (Fsp3) is 0.273. The highest BCUT2D eigenvalue weighted by atomic mass is 19.4. The molecule has 2 atom stereocenters. The summed E-state index contributed by atoms with van der Waals surface area (Å²) in [4.78, 5) is 20.5. The molecule has 1 saturated carbocycles. The Labute approximate surface area is 186 Å². The van der Waals surface area contributed by atoms with Crippen molar-refractivity contribution in [1.29, 1.82) is 0 Å². The number of aromatic nitrogens is 5. The minimum absolute atomic E-state index is 0.0872. The molecular weight excluding hydrogens is 435 g/mol. The van der Waals surface area contributed by atoms with Crippen LogP contribution >= 0.6 is 0 Å². The lowest BCUT2D eigenvalue weighted by atomic mass is 10.2. The zero-order valence-electron chi connectivity index (χ0n) is 17.3. The van der Waals surface area contributed by atoms with Crippen LogP contribution in [0.25, 0.3) is 11.3 Å². The molecule has 0 amide bonds. The van der Waals surface area contributed by atoms with E-state index in [2.05, 4.69) is 25.7 Å². The van der Waals surface area contributed by atoms with E-state index in [0.29, 0.717) is 17.5 Å². The highest BCUT2D eigenvalue weighted by Gasteiger charge is 2.31. The smallest absolute Gasteiger partial charge is 0.367 e. The summed E-state index contributed by atoms with van der Waals surface area (Å²) >= 11 is 0. The fourth-order valence-corrected chi connectivity index (χ4v) is 4.01. The number of alkyl halides is 3. The molecule has 1 fully saturated rings. The van der Waals surface area contributed by atoms with E-state index < -0.39 is 11.7 Å². The van der Waals surface area contributed by atoms with Gasteiger partial charge in [-0.2, -0.15) is 18.2 Å². The van der Waals surface area contributed by atoms with Crippen molar-refractivity contribution in [2.24, 2.45) is 0 Å². The summed E-state index contributed by atoms with van der Waals surface area (Å²) in [5, 5.41) is 10.8. The van der Waals surface area contributed by atoms with Gasteiger partial charge in [-0.05, 0) is 49.6 Å². The third kappa shape index (κ3) is 4.52. The average Bonchev–Trinajstić information content (AvgIpc) is 3.40. The number of nitrogens with zero attached hydrogens (tertiary/aromatic N) is 5. The summed E-state index contributed by atoms with van der Waals surface area (Å²) < 4.78 is 41.5. The number of rotatable bonds is 5. The molecule has 0 bridgehead atoms. The van der Waals surface area contributed by atoms with Gasteiger partial charge in [-0.3, -0.25) is 9.36 Å². The van der Waals surface area contributed by atoms with Gasteiger partial charge in [-0.1, -0.05) is 6.07 Å². The van der Waals surface area contributed by atoms with Crippen LogP contribution in [0.15, 0.2) is 65.8 Å². The van der Waals surface area contributed by atoms with Crippen molar-refractivity contribution in [1.82, 2.24) is 24.1 Å². The molecule has 1 aliphatic carbocycles. The molecule has 0 aromatic carbocycles. The SMILES string of the molecule is O=c1ccccn1-c1ccc(N[C@H]2CC[C@H](Nc3nc4cc(C(F)(F)F)ccn4n3)C2)nc1. The van der Waals surface area contributed by atoms with Crippen molar-refractivity contribution in [3.63, 3.8) is 0 Å². The molecule has 0 aliphatic heterocycles. The lowest BCUT2D eigenvalue weighted by Crippen LogP contribution is -2.21. The van der Waals surface area contributed by atoms with E-state index in [0.717, 1.165) is 31.4 Å². The Kier molecular flexibility index (Phi) is 5.23. The summed E-state index contributed by atoms with van der Waals surface area (Å²) in [6.45, 7) is 0. The van der Waals surface area contributed by atoms with Crippen LogP contribution in [0.2, 0.25) is 0 Å². The number of halogens is 3. The third-order valence-electron chi connectivity index (χ3n) is 5.63. The number of anilines is 2. The van der Waals surface area contributed by atoms with E-state index in [1.165, 1.54) is 21.3 Å². The minimum atomic E-state index is -4.42. The molecule has 11 heteroatoms. The number of pyridine rings is 3. The monoisotopic (exact) mass is 455 g/mol. The van der Waals surface area contributed by atoms with E-state index in [9.17, 15) is 18.0 Å². The van der Waals surface area contributed by atoms with Gasteiger partial charge in [-0.25, -0.2) is 9.50 Å². The van der Waals surface area contributed by atoms with Crippen LogP contribution < -0.4 is 16.2 Å². The Bertz CT molecular complexity index is 1330. The highest BCUT2D eigenvalue weighted by molar-refractivity contribution is 5.47. The molecule has 2 N–H and O–H groups in total.